The second kappa shape index (κ2) is 9.88. The molecule has 0 bridgehead atoms. The van der Waals surface area contributed by atoms with E-state index in [1.807, 2.05) is 25.1 Å². The minimum absolute atomic E-state index is 0.298. The molecule has 1 N–H and O–H groups in total. The Labute approximate surface area is 206 Å². The predicted molar refractivity (Wildman–Crippen MR) is 135 cm³/mol. The van der Waals surface area contributed by atoms with Crippen LogP contribution in [0.1, 0.15) is 36.3 Å². The number of benzene rings is 2. The standard InChI is InChI=1S/C26H22ClFN4OS/c1-17(18-5-4-6-19(28)13-18)33-24-8-7-20(14-22(24)27)31-26-25-23(29-16-30-26)15-21(34-25)9-12-32-10-2-3-11-32/h4-8,13-17H,2-3,10-11H2,1H3,(H,29,30,31)/t17-/m0/s1. The molecule has 0 aliphatic carbocycles. The normalized spacial score (nSPS) is 14.0. The molecule has 1 aliphatic rings. The topological polar surface area (TPSA) is 50.3 Å². The molecule has 1 aliphatic heterocycles. The molecule has 8 heteroatoms. The van der Waals surface area contributed by atoms with Gasteiger partial charge in [0.25, 0.3) is 0 Å². The van der Waals surface area contributed by atoms with Crippen LogP contribution in [0, 0.1) is 17.8 Å². The molecule has 0 saturated carbocycles. The van der Waals surface area contributed by atoms with Gasteiger partial charge in [0, 0.05) is 24.8 Å². The fourth-order valence-electron chi connectivity index (χ4n) is 3.80. The highest BCUT2D eigenvalue weighted by molar-refractivity contribution is 7.20. The number of nitrogens with one attached hydrogen (secondary N) is 1. The summed E-state index contributed by atoms with van der Waals surface area (Å²) >= 11 is 8.06. The first-order valence-electron chi connectivity index (χ1n) is 11.0. The third kappa shape index (κ3) is 5.09. The SMILES string of the molecule is C[C@H](Oc1ccc(Nc2ncnc3cc(C#CN4CCCC4)sc23)cc1Cl)c1cccc(F)c1. The molecule has 0 amide bonds. The molecule has 1 saturated heterocycles. The summed E-state index contributed by atoms with van der Waals surface area (Å²) in [5.74, 6) is 4.18. The highest BCUT2D eigenvalue weighted by Gasteiger charge is 2.13. The van der Waals surface area contributed by atoms with Gasteiger partial charge in [-0.1, -0.05) is 23.7 Å². The van der Waals surface area contributed by atoms with Crippen molar-refractivity contribution < 1.29 is 9.13 Å². The molecular weight excluding hydrogens is 471 g/mol. The molecule has 0 spiro atoms. The Morgan fingerprint density at radius 3 is 2.79 bits per heavy atom. The molecule has 3 heterocycles. The van der Waals surface area contributed by atoms with Gasteiger partial charge in [0.2, 0.25) is 0 Å². The van der Waals surface area contributed by atoms with Crippen LogP contribution < -0.4 is 10.1 Å². The number of halogens is 2. The summed E-state index contributed by atoms with van der Waals surface area (Å²) in [6, 6.07) is 17.0. The Hall–Kier alpha value is -3.34. The number of thiophene rings is 1. The lowest BCUT2D eigenvalue weighted by molar-refractivity contribution is 0.226. The smallest absolute Gasteiger partial charge is 0.151 e. The lowest BCUT2D eigenvalue weighted by atomic mass is 10.1. The Bertz CT molecular complexity index is 1390. The molecular formula is C26H22ClFN4OS. The Balaban J connectivity index is 1.33. The van der Waals surface area contributed by atoms with Crippen LogP contribution in [-0.2, 0) is 0 Å². The first kappa shape index (κ1) is 22.5. The van der Waals surface area contributed by atoms with Gasteiger partial charge in [0.15, 0.2) is 5.82 Å². The van der Waals surface area contributed by atoms with E-state index in [0.29, 0.717) is 16.6 Å². The van der Waals surface area contributed by atoms with Crippen molar-refractivity contribution in [3.63, 3.8) is 0 Å². The summed E-state index contributed by atoms with van der Waals surface area (Å²) in [7, 11) is 0. The van der Waals surface area contributed by atoms with Gasteiger partial charge >= 0.3 is 0 Å². The average molecular weight is 493 g/mol. The fourth-order valence-corrected chi connectivity index (χ4v) is 4.93. The van der Waals surface area contributed by atoms with E-state index < -0.39 is 0 Å². The van der Waals surface area contributed by atoms with Crippen LogP contribution in [-0.4, -0.2) is 28.0 Å². The molecule has 2 aromatic heterocycles. The molecule has 1 atom stereocenters. The zero-order valence-electron chi connectivity index (χ0n) is 18.5. The molecule has 5 nitrogen and oxygen atoms in total. The molecule has 0 unspecified atom stereocenters. The van der Waals surface area contributed by atoms with Crippen molar-refractivity contribution in [3.05, 3.63) is 76.1 Å². The van der Waals surface area contributed by atoms with Crippen LogP contribution in [0.2, 0.25) is 5.02 Å². The van der Waals surface area contributed by atoms with Gasteiger partial charge in [-0.2, -0.15) is 0 Å². The Morgan fingerprint density at radius 1 is 1.15 bits per heavy atom. The maximum absolute atomic E-state index is 13.5. The number of hydrogen-bond donors (Lipinski definition) is 1. The van der Waals surface area contributed by atoms with Gasteiger partial charge in [-0.25, -0.2) is 14.4 Å². The van der Waals surface area contributed by atoms with Crippen LogP contribution >= 0.6 is 22.9 Å². The number of hydrogen-bond acceptors (Lipinski definition) is 6. The zero-order valence-corrected chi connectivity index (χ0v) is 20.1. The third-order valence-electron chi connectivity index (χ3n) is 5.57. The predicted octanol–water partition coefficient (Wildman–Crippen LogP) is 6.77. The van der Waals surface area contributed by atoms with Gasteiger partial charge in [-0.05, 0) is 67.6 Å². The van der Waals surface area contributed by atoms with E-state index in [-0.39, 0.29) is 11.9 Å². The Kier molecular flexibility index (Phi) is 6.52. The van der Waals surface area contributed by atoms with Crippen LogP contribution in [0.3, 0.4) is 0 Å². The first-order valence-corrected chi connectivity index (χ1v) is 12.2. The van der Waals surface area contributed by atoms with Gasteiger partial charge < -0.3 is 15.0 Å². The highest BCUT2D eigenvalue weighted by Crippen LogP contribution is 2.34. The second-order valence-electron chi connectivity index (χ2n) is 8.06. The summed E-state index contributed by atoms with van der Waals surface area (Å²) in [4.78, 5) is 11.9. The summed E-state index contributed by atoms with van der Waals surface area (Å²) in [5, 5.41) is 3.78. The molecule has 34 heavy (non-hydrogen) atoms. The zero-order chi connectivity index (χ0) is 23.5. The average Bonchev–Trinajstić information content (AvgIpc) is 3.49. The van der Waals surface area contributed by atoms with Gasteiger partial charge in [-0.15, -0.1) is 11.3 Å². The first-order chi connectivity index (χ1) is 16.5. The monoisotopic (exact) mass is 492 g/mol. The number of nitrogens with zero attached hydrogens (tertiary/aromatic N) is 3. The minimum atomic E-state index is -0.347. The van der Waals surface area contributed by atoms with E-state index in [4.69, 9.17) is 16.3 Å². The van der Waals surface area contributed by atoms with E-state index in [0.717, 1.165) is 39.4 Å². The van der Waals surface area contributed by atoms with Crippen LogP contribution in [0.5, 0.6) is 5.75 Å². The van der Waals surface area contributed by atoms with Gasteiger partial charge in [0.05, 0.1) is 20.1 Å². The van der Waals surface area contributed by atoms with Crippen molar-refractivity contribution in [2.24, 2.45) is 0 Å². The summed E-state index contributed by atoms with van der Waals surface area (Å²) in [6.07, 6.45) is 3.60. The lowest BCUT2D eigenvalue weighted by Crippen LogP contribution is -2.10. The quantitative estimate of drug-likeness (QED) is 0.311. The van der Waals surface area contributed by atoms with Crippen molar-refractivity contribution in [1.29, 1.82) is 0 Å². The Morgan fingerprint density at radius 2 is 2.00 bits per heavy atom. The highest BCUT2D eigenvalue weighted by atomic mass is 35.5. The van der Waals surface area contributed by atoms with Crippen LogP contribution in [0.25, 0.3) is 10.2 Å². The third-order valence-corrected chi connectivity index (χ3v) is 6.91. The number of rotatable bonds is 5. The molecule has 172 valence electrons. The number of ether oxygens (including phenoxy) is 1. The van der Waals surface area contributed by atoms with Crippen LogP contribution in [0.15, 0.2) is 54.9 Å². The second-order valence-corrected chi connectivity index (χ2v) is 9.52. The molecule has 4 aromatic rings. The van der Waals surface area contributed by atoms with E-state index in [1.54, 1.807) is 29.5 Å². The number of likely N-dealkylation sites (tertiary alicyclic amines) is 1. The van der Waals surface area contributed by atoms with E-state index in [9.17, 15) is 4.39 Å². The largest absolute Gasteiger partial charge is 0.484 e. The van der Waals surface area contributed by atoms with Crippen molar-refractivity contribution >= 4 is 44.7 Å². The lowest BCUT2D eigenvalue weighted by Gasteiger charge is -2.17. The summed E-state index contributed by atoms with van der Waals surface area (Å²) < 4.78 is 20.4. The van der Waals surface area contributed by atoms with Crippen molar-refractivity contribution in [3.8, 4) is 17.7 Å². The van der Waals surface area contributed by atoms with Gasteiger partial charge in [-0.3, -0.25) is 0 Å². The summed E-state index contributed by atoms with van der Waals surface area (Å²) in [6.45, 7) is 3.92. The maximum atomic E-state index is 13.5. The van der Waals surface area contributed by atoms with E-state index in [1.165, 1.54) is 31.3 Å². The van der Waals surface area contributed by atoms with Crippen molar-refractivity contribution in [2.75, 3.05) is 18.4 Å². The molecule has 5 rings (SSSR count). The van der Waals surface area contributed by atoms with Gasteiger partial charge in [0.1, 0.15) is 24.0 Å². The molecule has 1 fully saturated rings. The fraction of sp³-hybridized carbons (Fsp3) is 0.231. The number of aromatic nitrogens is 2. The molecule has 0 radical (unpaired) electrons. The van der Waals surface area contributed by atoms with Crippen molar-refractivity contribution in [2.45, 2.75) is 25.9 Å². The van der Waals surface area contributed by atoms with Crippen molar-refractivity contribution in [1.82, 2.24) is 14.9 Å². The molecule has 2 aromatic carbocycles. The number of fused-ring (bicyclic) bond motifs is 1. The maximum Gasteiger partial charge on any atom is 0.151 e. The summed E-state index contributed by atoms with van der Waals surface area (Å²) in [5.41, 5.74) is 2.36. The minimum Gasteiger partial charge on any atom is -0.484 e. The number of anilines is 2. The van der Waals surface area contributed by atoms with E-state index >= 15 is 0 Å². The van der Waals surface area contributed by atoms with Crippen LogP contribution in [0.4, 0.5) is 15.9 Å². The van der Waals surface area contributed by atoms with E-state index in [2.05, 4.69) is 32.1 Å².